The Hall–Kier alpha value is -1.92. The van der Waals surface area contributed by atoms with Gasteiger partial charge in [-0.05, 0) is 28.1 Å². The standard InChI is InChI=1S/C14H9BrClNO4/c15-13-10(4-2-6-12(13)17(19)20)8-21-14-9(7-18)3-1-5-11(14)16/h1-7H,8H2. The zero-order chi connectivity index (χ0) is 15.4. The molecule has 108 valence electrons. The molecular weight excluding hydrogens is 362 g/mol. The average Bonchev–Trinajstić information content (AvgIpc) is 2.46. The summed E-state index contributed by atoms with van der Waals surface area (Å²) in [6.07, 6.45) is 0.643. The molecular formula is C14H9BrClNO4. The van der Waals surface area contributed by atoms with Crippen molar-refractivity contribution < 1.29 is 14.5 Å². The fourth-order valence-corrected chi connectivity index (χ4v) is 2.50. The summed E-state index contributed by atoms with van der Waals surface area (Å²) in [5, 5.41) is 11.2. The van der Waals surface area contributed by atoms with Gasteiger partial charge in [0.05, 0.1) is 15.5 Å². The van der Waals surface area contributed by atoms with Crippen LogP contribution < -0.4 is 4.74 Å². The fourth-order valence-electron chi connectivity index (χ4n) is 1.74. The minimum atomic E-state index is -0.486. The number of nitro benzene ring substituents is 1. The van der Waals surface area contributed by atoms with Crippen molar-refractivity contribution in [2.45, 2.75) is 6.61 Å². The van der Waals surface area contributed by atoms with Crippen LogP contribution in [-0.2, 0) is 6.61 Å². The Morgan fingerprint density at radius 2 is 2.00 bits per heavy atom. The van der Waals surface area contributed by atoms with Crippen molar-refractivity contribution >= 4 is 39.5 Å². The molecule has 21 heavy (non-hydrogen) atoms. The predicted octanol–water partition coefficient (Wildman–Crippen LogP) is 4.40. The van der Waals surface area contributed by atoms with Gasteiger partial charge >= 0.3 is 0 Å². The van der Waals surface area contributed by atoms with Crippen molar-refractivity contribution in [3.63, 3.8) is 0 Å². The Balaban J connectivity index is 2.27. The summed E-state index contributed by atoms with van der Waals surface area (Å²) in [5.74, 6) is 0.257. The third-order valence-electron chi connectivity index (χ3n) is 2.75. The Labute approximate surface area is 133 Å². The molecule has 0 spiro atoms. The second kappa shape index (κ2) is 6.69. The normalized spacial score (nSPS) is 10.2. The summed E-state index contributed by atoms with van der Waals surface area (Å²) in [5.41, 5.74) is 0.857. The van der Waals surface area contributed by atoms with Crippen LogP contribution >= 0.6 is 27.5 Å². The fraction of sp³-hybridized carbons (Fsp3) is 0.0714. The summed E-state index contributed by atoms with van der Waals surface area (Å²) in [4.78, 5) is 21.3. The van der Waals surface area contributed by atoms with Gasteiger partial charge in [0.15, 0.2) is 6.29 Å². The summed E-state index contributed by atoms with van der Waals surface area (Å²) < 4.78 is 5.89. The Bertz CT molecular complexity index is 705. The summed E-state index contributed by atoms with van der Waals surface area (Å²) >= 11 is 9.18. The second-order valence-electron chi connectivity index (χ2n) is 4.07. The first-order valence-corrected chi connectivity index (χ1v) is 7.00. The number of ether oxygens (including phenoxy) is 1. The van der Waals surface area contributed by atoms with Crippen molar-refractivity contribution in [2.75, 3.05) is 0 Å². The first-order valence-electron chi connectivity index (χ1n) is 5.83. The molecule has 0 saturated heterocycles. The maximum atomic E-state index is 11.0. The van der Waals surface area contributed by atoms with E-state index >= 15 is 0 Å². The SMILES string of the molecule is O=Cc1cccc(Cl)c1OCc1cccc([N+](=O)[O-])c1Br. The highest BCUT2D eigenvalue weighted by atomic mass is 79.9. The predicted molar refractivity (Wildman–Crippen MR) is 82.0 cm³/mol. The maximum Gasteiger partial charge on any atom is 0.283 e. The molecule has 0 aliphatic heterocycles. The molecule has 0 aliphatic rings. The molecule has 0 aromatic heterocycles. The number of halogens is 2. The van der Waals surface area contributed by atoms with Crippen molar-refractivity contribution in [1.82, 2.24) is 0 Å². The highest BCUT2D eigenvalue weighted by Crippen LogP contribution is 2.32. The van der Waals surface area contributed by atoms with Crippen LogP contribution in [0.4, 0.5) is 5.69 Å². The van der Waals surface area contributed by atoms with Crippen molar-refractivity contribution in [3.05, 3.63) is 67.1 Å². The Kier molecular flexibility index (Phi) is 4.93. The van der Waals surface area contributed by atoms with E-state index in [0.717, 1.165) is 0 Å². The van der Waals surface area contributed by atoms with E-state index in [-0.39, 0.29) is 18.0 Å². The minimum Gasteiger partial charge on any atom is -0.487 e. The van der Waals surface area contributed by atoms with Gasteiger partial charge in [0.2, 0.25) is 0 Å². The Morgan fingerprint density at radius 3 is 2.67 bits per heavy atom. The van der Waals surface area contributed by atoms with Crippen LogP contribution in [0.3, 0.4) is 0 Å². The molecule has 0 heterocycles. The van der Waals surface area contributed by atoms with Gasteiger partial charge in [-0.2, -0.15) is 0 Å². The van der Waals surface area contributed by atoms with E-state index in [2.05, 4.69) is 15.9 Å². The molecule has 5 nitrogen and oxygen atoms in total. The number of benzene rings is 2. The lowest BCUT2D eigenvalue weighted by atomic mass is 10.2. The highest BCUT2D eigenvalue weighted by molar-refractivity contribution is 9.10. The number of carbonyl (C=O) groups is 1. The van der Waals surface area contributed by atoms with Gasteiger partial charge in [-0.1, -0.05) is 29.8 Å². The largest absolute Gasteiger partial charge is 0.487 e. The average molecular weight is 371 g/mol. The van der Waals surface area contributed by atoms with Crippen LogP contribution in [-0.4, -0.2) is 11.2 Å². The zero-order valence-electron chi connectivity index (χ0n) is 10.6. The molecule has 2 rings (SSSR count). The van der Waals surface area contributed by atoms with Crippen LogP contribution in [0.1, 0.15) is 15.9 Å². The monoisotopic (exact) mass is 369 g/mol. The number of nitro groups is 1. The third kappa shape index (κ3) is 3.40. The van der Waals surface area contributed by atoms with Gasteiger partial charge in [-0.15, -0.1) is 0 Å². The number of aldehydes is 1. The molecule has 0 amide bonds. The van der Waals surface area contributed by atoms with E-state index in [1.54, 1.807) is 30.3 Å². The van der Waals surface area contributed by atoms with E-state index in [0.29, 0.717) is 26.9 Å². The molecule has 0 bridgehead atoms. The molecule has 0 radical (unpaired) electrons. The van der Waals surface area contributed by atoms with E-state index in [4.69, 9.17) is 16.3 Å². The molecule has 2 aromatic rings. The van der Waals surface area contributed by atoms with Gasteiger partial charge in [0, 0.05) is 11.6 Å². The van der Waals surface area contributed by atoms with Gasteiger partial charge in [-0.25, -0.2) is 0 Å². The van der Waals surface area contributed by atoms with Crippen LogP contribution in [0.25, 0.3) is 0 Å². The van der Waals surface area contributed by atoms with Gasteiger partial charge in [0.25, 0.3) is 5.69 Å². The van der Waals surface area contributed by atoms with Crippen molar-refractivity contribution in [2.24, 2.45) is 0 Å². The second-order valence-corrected chi connectivity index (χ2v) is 5.27. The first-order chi connectivity index (χ1) is 10.0. The van der Waals surface area contributed by atoms with Gasteiger partial charge in [0.1, 0.15) is 16.8 Å². The van der Waals surface area contributed by atoms with Crippen LogP contribution in [0.15, 0.2) is 40.9 Å². The molecule has 0 atom stereocenters. The highest BCUT2D eigenvalue weighted by Gasteiger charge is 2.16. The van der Waals surface area contributed by atoms with Crippen LogP contribution in [0, 0.1) is 10.1 Å². The third-order valence-corrected chi connectivity index (χ3v) is 3.96. The number of hydrogen-bond acceptors (Lipinski definition) is 4. The molecule has 0 N–H and O–H groups in total. The zero-order valence-corrected chi connectivity index (χ0v) is 12.9. The van der Waals surface area contributed by atoms with Gasteiger partial charge in [-0.3, -0.25) is 14.9 Å². The van der Waals surface area contributed by atoms with E-state index in [9.17, 15) is 14.9 Å². The molecule has 0 saturated carbocycles. The molecule has 0 unspecified atom stereocenters. The number of carbonyl (C=O) groups excluding carboxylic acids is 1. The van der Waals surface area contributed by atoms with E-state index in [1.165, 1.54) is 6.07 Å². The van der Waals surface area contributed by atoms with Gasteiger partial charge < -0.3 is 4.74 Å². The molecule has 0 aliphatic carbocycles. The summed E-state index contributed by atoms with van der Waals surface area (Å²) in [6.45, 7) is 0.0484. The topological polar surface area (TPSA) is 69.4 Å². The summed E-state index contributed by atoms with van der Waals surface area (Å²) in [7, 11) is 0. The van der Waals surface area contributed by atoms with E-state index < -0.39 is 4.92 Å². The van der Waals surface area contributed by atoms with E-state index in [1.807, 2.05) is 0 Å². The smallest absolute Gasteiger partial charge is 0.283 e. The van der Waals surface area contributed by atoms with Crippen molar-refractivity contribution in [3.8, 4) is 5.75 Å². The lowest BCUT2D eigenvalue weighted by Gasteiger charge is -2.11. The molecule has 7 heteroatoms. The minimum absolute atomic E-state index is 0.0484. The Morgan fingerprint density at radius 1 is 1.29 bits per heavy atom. The maximum absolute atomic E-state index is 11.0. The lowest BCUT2D eigenvalue weighted by Crippen LogP contribution is -2.01. The lowest BCUT2D eigenvalue weighted by molar-refractivity contribution is -0.385. The molecule has 0 fully saturated rings. The number of para-hydroxylation sites is 1. The molecule has 2 aromatic carbocycles. The van der Waals surface area contributed by atoms with Crippen LogP contribution in [0.5, 0.6) is 5.75 Å². The van der Waals surface area contributed by atoms with Crippen molar-refractivity contribution in [1.29, 1.82) is 0 Å². The number of rotatable bonds is 5. The number of nitrogens with zero attached hydrogens (tertiary/aromatic N) is 1. The first kappa shape index (κ1) is 15.5. The quantitative estimate of drug-likeness (QED) is 0.444. The summed E-state index contributed by atoms with van der Waals surface area (Å²) in [6, 6.07) is 9.47. The van der Waals surface area contributed by atoms with Crippen LogP contribution in [0.2, 0.25) is 5.02 Å². The number of hydrogen-bond donors (Lipinski definition) is 0.